The van der Waals surface area contributed by atoms with Gasteiger partial charge in [-0.1, -0.05) is 97.1 Å². The van der Waals surface area contributed by atoms with E-state index in [1.807, 2.05) is 94.7 Å². The van der Waals surface area contributed by atoms with E-state index in [0.717, 1.165) is 32.7 Å². The molecule has 2 amide bonds. The lowest BCUT2D eigenvalue weighted by Gasteiger charge is -2.50. The molecule has 5 aliphatic rings. The molecule has 5 aliphatic heterocycles. The predicted molar refractivity (Wildman–Crippen MR) is 199 cm³/mol. The number of carbonyl (C=O) groups excluding carboxylic acids is 2. The molecule has 4 bridgehead atoms. The molecule has 4 atom stereocenters. The lowest BCUT2D eigenvalue weighted by Crippen LogP contribution is -2.66. The van der Waals surface area contributed by atoms with Gasteiger partial charge >= 0.3 is 0 Å². The first kappa shape index (κ1) is 31.7. The second-order valence-corrected chi connectivity index (χ2v) is 13.2. The second-order valence-electron chi connectivity index (χ2n) is 13.2. The fraction of sp³-hybridized carbons (Fsp3) is 0.182. The third kappa shape index (κ3) is 5.76. The van der Waals surface area contributed by atoms with Crippen LogP contribution < -0.4 is 18.9 Å². The maximum atomic E-state index is 14.0. The van der Waals surface area contributed by atoms with E-state index in [-0.39, 0.29) is 37.1 Å². The highest BCUT2D eigenvalue weighted by Gasteiger charge is 2.53. The SMILES string of the molecule is O=C1[C@H]2Oc3ccccc3OC/C=C/COc3ccccc3O[C@@H]3C(=O)N(CCN1[C@@H]2c1ccc2ccccc2c1)[C@@H]3c1ccc2ccccc2c1. The molecule has 0 saturated carbocycles. The maximum absolute atomic E-state index is 14.0. The molecule has 6 aromatic rings. The van der Waals surface area contributed by atoms with Gasteiger partial charge in [0.2, 0.25) is 12.2 Å². The van der Waals surface area contributed by atoms with Crippen molar-refractivity contribution in [2.45, 2.75) is 24.3 Å². The summed E-state index contributed by atoms with van der Waals surface area (Å²) >= 11 is 0. The molecule has 6 aromatic carbocycles. The van der Waals surface area contributed by atoms with Gasteiger partial charge in [-0.2, -0.15) is 0 Å². The van der Waals surface area contributed by atoms with E-state index >= 15 is 0 Å². The molecule has 8 nitrogen and oxygen atoms in total. The van der Waals surface area contributed by atoms with Gasteiger partial charge in [-0.05, 0) is 81.2 Å². The molecule has 5 heterocycles. The first-order valence-corrected chi connectivity index (χ1v) is 17.6. The number of β-lactam (4-membered cyclic amide) rings is 2. The third-order valence-corrected chi connectivity index (χ3v) is 10.2. The number of benzene rings is 6. The quantitative estimate of drug-likeness (QED) is 0.137. The molecule has 0 unspecified atom stereocenters. The first-order chi connectivity index (χ1) is 25.6. The van der Waals surface area contributed by atoms with Crippen LogP contribution in [0.2, 0.25) is 0 Å². The Morgan fingerprint density at radius 3 is 1.27 bits per heavy atom. The van der Waals surface area contributed by atoms with Crippen LogP contribution in [0.1, 0.15) is 23.2 Å². The highest BCUT2D eigenvalue weighted by atomic mass is 16.5. The number of amides is 2. The van der Waals surface area contributed by atoms with Crippen LogP contribution in [0, 0.1) is 0 Å². The number of fused-ring (bicyclic) bond motifs is 2. The Bertz CT molecular complexity index is 2180. The van der Waals surface area contributed by atoms with Gasteiger partial charge in [0.15, 0.2) is 23.0 Å². The third-order valence-electron chi connectivity index (χ3n) is 10.2. The van der Waals surface area contributed by atoms with Crippen LogP contribution in [-0.4, -0.2) is 60.1 Å². The summed E-state index contributed by atoms with van der Waals surface area (Å²) in [7, 11) is 0. The van der Waals surface area contributed by atoms with E-state index in [9.17, 15) is 9.59 Å². The summed E-state index contributed by atoms with van der Waals surface area (Å²) in [6.45, 7) is 1.20. The largest absolute Gasteiger partial charge is 0.486 e. The van der Waals surface area contributed by atoms with Crippen molar-refractivity contribution >= 4 is 33.4 Å². The van der Waals surface area contributed by atoms with Gasteiger partial charge in [-0.3, -0.25) is 9.59 Å². The minimum atomic E-state index is -0.767. The van der Waals surface area contributed by atoms with Crippen molar-refractivity contribution in [3.05, 3.63) is 157 Å². The number of hydrogen-bond donors (Lipinski definition) is 0. The minimum Gasteiger partial charge on any atom is -0.486 e. The molecule has 2 saturated heterocycles. The van der Waals surface area contributed by atoms with Crippen molar-refractivity contribution in [3.63, 3.8) is 0 Å². The summed E-state index contributed by atoms with van der Waals surface area (Å²) in [4.78, 5) is 31.7. The normalized spacial score (nSPS) is 22.3. The van der Waals surface area contributed by atoms with Gasteiger partial charge in [-0.25, -0.2) is 0 Å². The van der Waals surface area contributed by atoms with Gasteiger partial charge in [0.05, 0.1) is 0 Å². The molecular weight excluding hydrogens is 652 g/mol. The number of carbonyl (C=O) groups is 2. The molecule has 0 N–H and O–H groups in total. The van der Waals surface area contributed by atoms with E-state index in [1.165, 1.54) is 0 Å². The summed E-state index contributed by atoms with van der Waals surface area (Å²) in [6, 6.07) is 42.9. The fourth-order valence-corrected chi connectivity index (χ4v) is 7.49. The zero-order valence-electron chi connectivity index (χ0n) is 28.3. The van der Waals surface area contributed by atoms with Gasteiger partial charge in [-0.15, -0.1) is 0 Å². The van der Waals surface area contributed by atoms with E-state index < -0.39 is 12.2 Å². The van der Waals surface area contributed by atoms with Gasteiger partial charge < -0.3 is 28.7 Å². The monoisotopic (exact) mass is 688 g/mol. The van der Waals surface area contributed by atoms with Crippen LogP contribution in [0.5, 0.6) is 23.0 Å². The number of nitrogens with zero attached hydrogens (tertiary/aromatic N) is 2. The van der Waals surface area contributed by atoms with E-state index in [2.05, 4.69) is 60.7 Å². The Morgan fingerprint density at radius 2 is 0.827 bits per heavy atom. The van der Waals surface area contributed by atoms with Crippen molar-refractivity contribution in [2.75, 3.05) is 26.3 Å². The molecule has 0 aliphatic carbocycles. The lowest BCUT2D eigenvalue weighted by atomic mass is 9.87. The van der Waals surface area contributed by atoms with Crippen LogP contribution in [0.4, 0.5) is 0 Å². The standard InChI is InChI=1S/C44H36N2O6/c47-43-41-39(33-21-19-29-11-1-3-13-31(29)27-33)45(43)23-24-46-40(34-22-20-30-12-2-4-14-32(30)28-34)42(44(46)48)52-38-18-8-6-16-36(38)50-26-10-9-25-49-35-15-5-7-17-37(35)51-41/h1-22,27-28,39-42H,23-26H2/b10-9+/t39-,40-,41+,42+/m1/s1. The molecule has 0 aromatic heterocycles. The Balaban J connectivity index is 1.09. The van der Waals surface area contributed by atoms with Crippen LogP contribution in [0.25, 0.3) is 21.5 Å². The predicted octanol–water partition coefficient (Wildman–Crippen LogP) is 7.68. The number of para-hydroxylation sites is 4. The molecular formula is C44H36N2O6. The van der Waals surface area contributed by atoms with E-state index in [1.54, 1.807) is 0 Å². The maximum Gasteiger partial charge on any atom is 0.266 e. The first-order valence-electron chi connectivity index (χ1n) is 17.6. The van der Waals surface area contributed by atoms with E-state index in [4.69, 9.17) is 18.9 Å². The summed E-state index contributed by atoms with van der Waals surface area (Å²) in [6.07, 6.45) is 2.21. The Hall–Kier alpha value is -6.28. The average Bonchev–Trinajstić information content (AvgIpc) is 3.18. The highest BCUT2D eigenvalue weighted by Crippen LogP contribution is 2.43. The number of rotatable bonds is 2. The summed E-state index contributed by atoms with van der Waals surface area (Å²) < 4.78 is 25.2. The summed E-state index contributed by atoms with van der Waals surface area (Å²) in [5.74, 6) is 1.79. The molecule has 2 fully saturated rings. The van der Waals surface area contributed by atoms with Crippen LogP contribution in [0.15, 0.2) is 146 Å². The topological polar surface area (TPSA) is 77.5 Å². The minimum absolute atomic E-state index is 0.142. The molecule has 0 spiro atoms. The van der Waals surface area contributed by atoms with Crippen molar-refractivity contribution < 1.29 is 28.5 Å². The second kappa shape index (κ2) is 13.5. The molecule has 0 radical (unpaired) electrons. The molecule has 258 valence electrons. The fourth-order valence-electron chi connectivity index (χ4n) is 7.49. The van der Waals surface area contributed by atoms with E-state index in [0.29, 0.717) is 36.1 Å². The molecule has 52 heavy (non-hydrogen) atoms. The van der Waals surface area contributed by atoms with Gasteiger partial charge in [0, 0.05) is 13.1 Å². The van der Waals surface area contributed by atoms with Crippen molar-refractivity contribution in [2.24, 2.45) is 0 Å². The van der Waals surface area contributed by atoms with Crippen molar-refractivity contribution in [1.82, 2.24) is 9.80 Å². The summed E-state index contributed by atoms with van der Waals surface area (Å²) in [5.41, 5.74) is 1.93. The smallest absolute Gasteiger partial charge is 0.266 e. The Kier molecular flexibility index (Phi) is 8.20. The average molecular weight is 689 g/mol. The van der Waals surface area contributed by atoms with Crippen LogP contribution >= 0.6 is 0 Å². The zero-order valence-corrected chi connectivity index (χ0v) is 28.3. The van der Waals surface area contributed by atoms with Crippen LogP contribution in [-0.2, 0) is 9.59 Å². The zero-order chi connectivity index (χ0) is 35.0. The molecule has 11 rings (SSSR count). The highest BCUT2D eigenvalue weighted by molar-refractivity contribution is 5.92. The Morgan fingerprint density at radius 1 is 0.442 bits per heavy atom. The van der Waals surface area contributed by atoms with Crippen molar-refractivity contribution in [3.8, 4) is 23.0 Å². The summed E-state index contributed by atoms with van der Waals surface area (Å²) in [5, 5.41) is 4.38. The lowest BCUT2D eigenvalue weighted by molar-refractivity contribution is -0.172. The van der Waals surface area contributed by atoms with Crippen LogP contribution in [0.3, 0.4) is 0 Å². The van der Waals surface area contributed by atoms with Gasteiger partial charge in [0.1, 0.15) is 25.3 Å². The Labute approximate surface area is 301 Å². The number of hydrogen-bond acceptors (Lipinski definition) is 6. The van der Waals surface area contributed by atoms with Gasteiger partial charge in [0.25, 0.3) is 11.8 Å². The van der Waals surface area contributed by atoms with Crippen molar-refractivity contribution in [1.29, 1.82) is 0 Å². The number of ether oxygens (including phenoxy) is 4. The molecule has 8 heteroatoms.